The van der Waals surface area contributed by atoms with Crippen LogP contribution in [0.5, 0.6) is 0 Å². The van der Waals surface area contributed by atoms with Gasteiger partial charge in [0.05, 0.1) is 12.8 Å². The molecule has 1 heterocycles. The second-order valence-electron chi connectivity index (χ2n) is 5.63. The number of furan rings is 1. The lowest BCUT2D eigenvalue weighted by Crippen LogP contribution is -2.45. The summed E-state index contributed by atoms with van der Waals surface area (Å²) in [6, 6.07) is 4.33. The summed E-state index contributed by atoms with van der Waals surface area (Å²) in [5.41, 5.74) is 0. The summed E-state index contributed by atoms with van der Waals surface area (Å²) in [5.74, 6) is 2.39. The van der Waals surface area contributed by atoms with Crippen LogP contribution in [0.1, 0.15) is 26.0 Å². The average molecular weight is 408 g/mol. The van der Waals surface area contributed by atoms with Crippen molar-refractivity contribution in [3.05, 3.63) is 24.2 Å². The van der Waals surface area contributed by atoms with Crippen LogP contribution in [0.4, 0.5) is 0 Å². The lowest BCUT2D eigenvalue weighted by molar-refractivity contribution is 0.254. The highest BCUT2D eigenvalue weighted by Gasteiger charge is 2.13. The molecule has 6 heteroatoms. The summed E-state index contributed by atoms with van der Waals surface area (Å²) in [6.07, 6.45) is 2.84. The van der Waals surface area contributed by atoms with Gasteiger partial charge < -0.3 is 20.0 Å². The zero-order valence-corrected chi connectivity index (χ0v) is 16.0. The highest BCUT2D eigenvalue weighted by Crippen LogP contribution is 2.08. The van der Waals surface area contributed by atoms with Gasteiger partial charge in [-0.1, -0.05) is 13.8 Å². The fourth-order valence-electron chi connectivity index (χ4n) is 2.04. The molecule has 0 bridgehead atoms. The first-order valence-electron chi connectivity index (χ1n) is 7.16. The second kappa shape index (κ2) is 10.9. The topological polar surface area (TPSA) is 52.8 Å². The van der Waals surface area contributed by atoms with E-state index < -0.39 is 0 Å². The van der Waals surface area contributed by atoms with Crippen molar-refractivity contribution in [2.75, 3.05) is 27.7 Å². The molecule has 0 aromatic carbocycles. The van der Waals surface area contributed by atoms with Gasteiger partial charge in [0.25, 0.3) is 0 Å². The number of rotatable bonds is 7. The van der Waals surface area contributed by atoms with Crippen LogP contribution < -0.4 is 10.6 Å². The first-order valence-corrected chi connectivity index (χ1v) is 7.16. The fourth-order valence-corrected chi connectivity index (χ4v) is 2.04. The Balaban J connectivity index is 0.00000400. The molecule has 0 radical (unpaired) electrons. The largest absolute Gasteiger partial charge is 0.467 e. The van der Waals surface area contributed by atoms with E-state index in [1.807, 2.05) is 12.1 Å². The van der Waals surface area contributed by atoms with Gasteiger partial charge in [-0.15, -0.1) is 24.0 Å². The molecule has 21 heavy (non-hydrogen) atoms. The summed E-state index contributed by atoms with van der Waals surface area (Å²) in [7, 11) is 6.02. The monoisotopic (exact) mass is 408 g/mol. The molecule has 0 spiro atoms. The number of hydrogen-bond donors (Lipinski definition) is 2. The van der Waals surface area contributed by atoms with Crippen molar-refractivity contribution in [1.29, 1.82) is 0 Å². The van der Waals surface area contributed by atoms with Gasteiger partial charge in [0.1, 0.15) is 5.76 Å². The molecule has 0 amide bonds. The maximum absolute atomic E-state index is 5.29. The van der Waals surface area contributed by atoms with Crippen LogP contribution in [0, 0.1) is 5.92 Å². The summed E-state index contributed by atoms with van der Waals surface area (Å²) in [6.45, 7) is 6.02. The van der Waals surface area contributed by atoms with Crippen molar-refractivity contribution in [2.45, 2.75) is 32.9 Å². The first-order chi connectivity index (χ1) is 9.52. The number of nitrogens with zero attached hydrogens (tertiary/aromatic N) is 2. The molecule has 5 nitrogen and oxygen atoms in total. The van der Waals surface area contributed by atoms with Gasteiger partial charge in [-0.25, -0.2) is 0 Å². The Kier molecular flexibility index (Phi) is 10.5. The molecule has 122 valence electrons. The molecule has 0 saturated carbocycles. The molecule has 2 N–H and O–H groups in total. The Morgan fingerprint density at radius 2 is 2.05 bits per heavy atom. The van der Waals surface area contributed by atoms with Crippen molar-refractivity contribution in [3.8, 4) is 0 Å². The van der Waals surface area contributed by atoms with E-state index in [1.54, 1.807) is 13.3 Å². The van der Waals surface area contributed by atoms with Crippen LogP contribution in [0.2, 0.25) is 0 Å². The van der Waals surface area contributed by atoms with Gasteiger partial charge in [0.2, 0.25) is 0 Å². The van der Waals surface area contributed by atoms with E-state index >= 15 is 0 Å². The van der Waals surface area contributed by atoms with Gasteiger partial charge in [-0.05, 0) is 38.6 Å². The molecular formula is C15H29IN4O. The van der Waals surface area contributed by atoms with E-state index in [0.29, 0.717) is 18.5 Å². The molecule has 1 unspecified atom stereocenters. The minimum absolute atomic E-state index is 0. The Morgan fingerprint density at radius 1 is 1.33 bits per heavy atom. The normalized spacial score (nSPS) is 13.2. The summed E-state index contributed by atoms with van der Waals surface area (Å²) in [5, 5.41) is 6.62. The molecule has 1 aromatic heterocycles. The van der Waals surface area contributed by atoms with Gasteiger partial charge in [-0.2, -0.15) is 0 Å². The van der Waals surface area contributed by atoms with Crippen molar-refractivity contribution in [2.24, 2.45) is 10.9 Å². The van der Waals surface area contributed by atoms with Crippen LogP contribution in [0.3, 0.4) is 0 Å². The van der Waals surface area contributed by atoms with E-state index in [4.69, 9.17) is 4.42 Å². The van der Waals surface area contributed by atoms with E-state index in [1.165, 1.54) is 0 Å². The summed E-state index contributed by atoms with van der Waals surface area (Å²) < 4.78 is 5.29. The Morgan fingerprint density at radius 3 is 2.52 bits per heavy atom. The number of nitrogens with one attached hydrogen (secondary N) is 2. The van der Waals surface area contributed by atoms with Gasteiger partial charge in [-0.3, -0.25) is 4.99 Å². The van der Waals surface area contributed by atoms with Crippen LogP contribution in [0.25, 0.3) is 0 Å². The SMILES string of the molecule is CN=C(NCc1ccco1)NCC(CC(C)C)N(C)C.I. The minimum atomic E-state index is 0. The van der Waals surface area contributed by atoms with Gasteiger partial charge in [0, 0.05) is 19.6 Å². The van der Waals surface area contributed by atoms with Crippen LogP contribution >= 0.6 is 24.0 Å². The molecule has 0 fully saturated rings. The molecule has 0 aliphatic rings. The Hall–Kier alpha value is -0.760. The summed E-state index contributed by atoms with van der Waals surface area (Å²) in [4.78, 5) is 6.49. The van der Waals surface area contributed by atoms with Crippen LogP contribution in [-0.4, -0.2) is 44.6 Å². The lowest BCUT2D eigenvalue weighted by atomic mass is 10.0. The number of hydrogen-bond acceptors (Lipinski definition) is 3. The predicted molar refractivity (Wildman–Crippen MR) is 99.3 cm³/mol. The zero-order valence-electron chi connectivity index (χ0n) is 13.7. The maximum Gasteiger partial charge on any atom is 0.191 e. The number of halogens is 1. The third-order valence-electron chi connectivity index (χ3n) is 3.21. The fraction of sp³-hybridized carbons (Fsp3) is 0.667. The van der Waals surface area contributed by atoms with Crippen molar-refractivity contribution in [3.63, 3.8) is 0 Å². The highest BCUT2D eigenvalue weighted by atomic mass is 127. The molecule has 0 aliphatic heterocycles. The predicted octanol–water partition coefficient (Wildman–Crippen LogP) is 2.54. The van der Waals surface area contributed by atoms with Crippen LogP contribution in [-0.2, 0) is 6.54 Å². The average Bonchev–Trinajstić information content (AvgIpc) is 2.89. The smallest absolute Gasteiger partial charge is 0.191 e. The highest BCUT2D eigenvalue weighted by molar-refractivity contribution is 14.0. The quantitative estimate of drug-likeness (QED) is 0.414. The van der Waals surface area contributed by atoms with E-state index in [2.05, 4.69) is 48.5 Å². The van der Waals surface area contributed by atoms with E-state index in [9.17, 15) is 0 Å². The van der Waals surface area contributed by atoms with Gasteiger partial charge >= 0.3 is 0 Å². The third kappa shape index (κ3) is 8.31. The van der Waals surface area contributed by atoms with Crippen molar-refractivity contribution < 1.29 is 4.42 Å². The number of aliphatic imine (C=N–C) groups is 1. The number of guanidine groups is 1. The van der Waals surface area contributed by atoms with E-state index in [-0.39, 0.29) is 24.0 Å². The molecule has 1 aromatic rings. The second-order valence-corrected chi connectivity index (χ2v) is 5.63. The van der Waals surface area contributed by atoms with Gasteiger partial charge in [0.15, 0.2) is 5.96 Å². The molecule has 1 atom stereocenters. The molecule has 0 aliphatic carbocycles. The van der Waals surface area contributed by atoms with Crippen LogP contribution in [0.15, 0.2) is 27.8 Å². The Bertz CT molecular complexity index is 390. The maximum atomic E-state index is 5.29. The van der Waals surface area contributed by atoms with Crippen molar-refractivity contribution in [1.82, 2.24) is 15.5 Å². The third-order valence-corrected chi connectivity index (χ3v) is 3.21. The Labute approximate surface area is 145 Å². The number of likely N-dealkylation sites (N-methyl/N-ethyl adjacent to an activating group) is 1. The summed E-state index contributed by atoms with van der Waals surface area (Å²) >= 11 is 0. The first kappa shape index (κ1) is 20.2. The van der Waals surface area contributed by atoms with Crippen molar-refractivity contribution >= 4 is 29.9 Å². The lowest BCUT2D eigenvalue weighted by Gasteiger charge is -2.27. The molecular weight excluding hydrogens is 379 g/mol. The van der Waals surface area contributed by atoms with E-state index in [0.717, 1.165) is 24.7 Å². The molecule has 1 rings (SSSR count). The molecule has 0 saturated heterocycles. The minimum Gasteiger partial charge on any atom is -0.467 e. The standard InChI is InChI=1S/C15H28N4O.HI/c1-12(2)9-13(19(4)5)10-17-15(16-3)18-11-14-7-6-8-20-14;/h6-8,12-13H,9-11H2,1-5H3,(H2,16,17,18);1H. The zero-order chi connectivity index (χ0) is 15.0.